The maximum atomic E-state index is 10.3. The van der Waals surface area contributed by atoms with Gasteiger partial charge in [0.2, 0.25) is 0 Å². The number of aliphatic hydroxyl groups excluding tert-OH is 1. The first-order valence-corrected chi connectivity index (χ1v) is 7.50. The van der Waals surface area contributed by atoms with Crippen LogP contribution in [0.2, 0.25) is 0 Å². The summed E-state index contributed by atoms with van der Waals surface area (Å²) in [5.74, 6) is 1.13. The Bertz CT molecular complexity index is 752. The number of H-pyrrole nitrogens is 1. The van der Waals surface area contributed by atoms with Crippen molar-refractivity contribution < 1.29 is 5.11 Å². The van der Waals surface area contributed by atoms with Crippen LogP contribution in [0.15, 0.2) is 37.1 Å². The summed E-state index contributed by atoms with van der Waals surface area (Å²) in [6, 6.07) is 3.80. The Morgan fingerprint density at radius 3 is 3.14 bits per heavy atom. The maximum Gasteiger partial charge on any atom is 0.154 e. The van der Waals surface area contributed by atoms with Crippen molar-refractivity contribution in [3.63, 3.8) is 0 Å². The van der Waals surface area contributed by atoms with Gasteiger partial charge in [-0.05, 0) is 30.9 Å². The summed E-state index contributed by atoms with van der Waals surface area (Å²) in [6.45, 7) is 0.836. The third-order valence-corrected chi connectivity index (χ3v) is 4.29. The number of rotatable bonds is 4. The van der Waals surface area contributed by atoms with Gasteiger partial charge in [-0.2, -0.15) is 5.10 Å². The number of nitrogens with zero attached hydrogens (tertiary/aromatic N) is 4. The summed E-state index contributed by atoms with van der Waals surface area (Å²) < 4.78 is 1.92. The molecule has 0 aromatic carbocycles. The van der Waals surface area contributed by atoms with Gasteiger partial charge in [0.15, 0.2) is 5.82 Å². The zero-order valence-corrected chi connectivity index (χ0v) is 12.1. The van der Waals surface area contributed by atoms with E-state index in [2.05, 4.69) is 25.4 Å². The molecular formula is C15H18N6O. The molecule has 3 atom stereocenters. The van der Waals surface area contributed by atoms with E-state index in [1.807, 2.05) is 23.0 Å². The summed E-state index contributed by atoms with van der Waals surface area (Å²) in [5.41, 5.74) is 1.75. The molecule has 0 aliphatic heterocycles. The van der Waals surface area contributed by atoms with Crippen LogP contribution >= 0.6 is 0 Å². The molecule has 0 saturated heterocycles. The Morgan fingerprint density at radius 1 is 1.32 bits per heavy atom. The lowest BCUT2D eigenvalue weighted by molar-refractivity contribution is 0.166. The van der Waals surface area contributed by atoms with Gasteiger partial charge in [-0.15, -0.1) is 0 Å². The normalized spacial score (nSPS) is 24.9. The fraction of sp³-hybridized carbons (Fsp3) is 0.400. The highest BCUT2D eigenvalue weighted by Gasteiger charge is 2.33. The summed E-state index contributed by atoms with van der Waals surface area (Å²) in [4.78, 5) is 11.7. The van der Waals surface area contributed by atoms with Crippen LogP contribution in [0.4, 0.5) is 5.82 Å². The Labute approximate surface area is 127 Å². The summed E-state index contributed by atoms with van der Waals surface area (Å²) in [6.07, 6.45) is 8.42. The second kappa shape index (κ2) is 5.42. The number of imidazole rings is 1. The Morgan fingerprint density at radius 2 is 2.27 bits per heavy atom. The lowest BCUT2D eigenvalue weighted by atomic mass is 10.1. The van der Waals surface area contributed by atoms with Crippen LogP contribution in [-0.4, -0.2) is 42.0 Å². The zero-order chi connectivity index (χ0) is 14.9. The number of hydrogen-bond donors (Lipinski definition) is 3. The highest BCUT2D eigenvalue weighted by molar-refractivity contribution is 5.85. The molecule has 1 fully saturated rings. The lowest BCUT2D eigenvalue weighted by Gasteiger charge is -2.17. The first-order chi connectivity index (χ1) is 10.8. The molecule has 114 valence electrons. The smallest absolute Gasteiger partial charge is 0.154 e. The minimum Gasteiger partial charge on any atom is -0.391 e. The van der Waals surface area contributed by atoms with Gasteiger partial charge in [0.1, 0.15) is 5.52 Å². The number of nitrogens with one attached hydrogen (secondary N) is 2. The largest absolute Gasteiger partial charge is 0.391 e. The quantitative estimate of drug-likeness (QED) is 0.677. The van der Waals surface area contributed by atoms with Crippen LogP contribution in [0.3, 0.4) is 0 Å². The molecule has 7 heteroatoms. The molecule has 1 unspecified atom stereocenters. The van der Waals surface area contributed by atoms with E-state index in [4.69, 9.17) is 0 Å². The van der Waals surface area contributed by atoms with Crippen molar-refractivity contribution in [3.8, 4) is 0 Å². The van der Waals surface area contributed by atoms with Gasteiger partial charge in [-0.1, -0.05) is 0 Å². The van der Waals surface area contributed by atoms with Gasteiger partial charge in [-0.25, -0.2) is 9.97 Å². The highest BCUT2D eigenvalue weighted by atomic mass is 16.3. The molecule has 0 radical (unpaired) electrons. The van der Waals surface area contributed by atoms with Gasteiger partial charge >= 0.3 is 0 Å². The fourth-order valence-corrected chi connectivity index (χ4v) is 3.24. The van der Waals surface area contributed by atoms with Crippen LogP contribution in [0.25, 0.3) is 11.0 Å². The molecule has 0 bridgehead atoms. The third-order valence-electron chi connectivity index (χ3n) is 4.29. The summed E-state index contributed by atoms with van der Waals surface area (Å²) in [5, 5.41) is 17.9. The van der Waals surface area contributed by atoms with E-state index in [9.17, 15) is 5.11 Å². The molecule has 22 heavy (non-hydrogen) atoms. The third kappa shape index (κ3) is 2.43. The van der Waals surface area contributed by atoms with Crippen LogP contribution in [0.5, 0.6) is 0 Å². The second-order valence-corrected chi connectivity index (χ2v) is 5.84. The number of aliphatic hydroxyl groups is 1. The van der Waals surface area contributed by atoms with Crippen molar-refractivity contribution in [1.29, 1.82) is 0 Å². The highest BCUT2D eigenvalue weighted by Crippen LogP contribution is 2.30. The lowest BCUT2D eigenvalue weighted by Crippen LogP contribution is -2.28. The first kappa shape index (κ1) is 13.3. The van der Waals surface area contributed by atoms with Crippen molar-refractivity contribution in [1.82, 2.24) is 24.7 Å². The van der Waals surface area contributed by atoms with Gasteiger partial charge in [0.05, 0.1) is 24.0 Å². The van der Waals surface area contributed by atoms with E-state index in [0.717, 1.165) is 36.2 Å². The van der Waals surface area contributed by atoms with Crippen LogP contribution in [0, 0.1) is 5.92 Å². The number of aromatic amines is 1. The molecule has 4 rings (SSSR count). The molecule has 3 heterocycles. The standard InChI is InChI=1S/C15H18N6O/c22-13-7-10(8-21-5-1-3-19-21)6-12(13)20-15-14-11(2-4-16-15)17-9-18-14/h1-5,9-10,12-13,22H,6-8H2,(H,16,20)(H,17,18)/t10?,12-,13-/m1/s1. The van der Waals surface area contributed by atoms with Crippen molar-refractivity contribution in [2.45, 2.75) is 31.5 Å². The monoisotopic (exact) mass is 298 g/mol. The van der Waals surface area contributed by atoms with E-state index in [-0.39, 0.29) is 12.1 Å². The average molecular weight is 298 g/mol. The predicted octanol–water partition coefficient (Wildman–Crippen LogP) is 1.41. The molecule has 0 spiro atoms. The SMILES string of the molecule is O[C@@H]1CC(Cn2cccn2)C[C@H]1Nc1nccc2[nH]cnc12. The minimum absolute atomic E-state index is 0.00429. The summed E-state index contributed by atoms with van der Waals surface area (Å²) in [7, 11) is 0. The zero-order valence-electron chi connectivity index (χ0n) is 12.1. The molecule has 0 amide bonds. The average Bonchev–Trinajstić information content (AvgIpc) is 3.22. The fourth-order valence-electron chi connectivity index (χ4n) is 3.24. The predicted molar refractivity (Wildman–Crippen MR) is 82.3 cm³/mol. The minimum atomic E-state index is -0.378. The molecule has 1 saturated carbocycles. The van der Waals surface area contributed by atoms with Crippen molar-refractivity contribution in [2.24, 2.45) is 5.92 Å². The van der Waals surface area contributed by atoms with Gasteiger partial charge in [-0.3, -0.25) is 4.68 Å². The Balaban J connectivity index is 1.48. The van der Waals surface area contributed by atoms with Crippen molar-refractivity contribution in [2.75, 3.05) is 5.32 Å². The van der Waals surface area contributed by atoms with E-state index >= 15 is 0 Å². The van der Waals surface area contributed by atoms with E-state index < -0.39 is 0 Å². The molecular weight excluding hydrogens is 280 g/mol. The van der Waals surface area contributed by atoms with E-state index in [1.54, 1.807) is 18.7 Å². The van der Waals surface area contributed by atoms with Crippen LogP contribution in [0.1, 0.15) is 12.8 Å². The van der Waals surface area contributed by atoms with Crippen LogP contribution in [-0.2, 0) is 6.54 Å². The number of fused-ring (bicyclic) bond motifs is 1. The van der Waals surface area contributed by atoms with Gasteiger partial charge in [0.25, 0.3) is 0 Å². The molecule has 3 N–H and O–H groups in total. The number of hydrogen-bond acceptors (Lipinski definition) is 5. The molecule has 7 nitrogen and oxygen atoms in total. The second-order valence-electron chi connectivity index (χ2n) is 5.84. The molecule has 3 aromatic heterocycles. The van der Waals surface area contributed by atoms with Crippen molar-refractivity contribution in [3.05, 3.63) is 37.1 Å². The van der Waals surface area contributed by atoms with Crippen LogP contribution < -0.4 is 5.32 Å². The Hall–Kier alpha value is -2.41. The van der Waals surface area contributed by atoms with Gasteiger partial charge in [0, 0.05) is 25.1 Å². The van der Waals surface area contributed by atoms with Crippen molar-refractivity contribution >= 4 is 16.9 Å². The Kier molecular flexibility index (Phi) is 3.27. The summed E-state index contributed by atoms with van der Waals surface area (Å²) >= 11 is 0. The number of aromatic nitrogens is 5. The topological polar surface area (TPSA) is 91.6 Å². The number of pyridine rings is 1. The first-order valence-electron chi connectivity index (χ1n) is 7.50. The molecule has 3 aromatic rings. The van der Waals surface area contributed by atoms with Gasteiger partial charge < -0.3 is 15.4 Å². The molecule has 1 aliphatic rings. The molecule has 1 aliphatic carbocycles. The van der Waals surface area contributed by atoms with E-state index in [0.29, 0.717) is 5.92 Å². The number of anilines is 1. The van der Waals surface area contributed by atoms with E-state index in [1.165, 1.54) is 0 Å². The maximum absolute atomic E-state index is 10.3.